The molecule has 0 aliphatic carbocycles. The van der Waals surface area contributed by atoms with E-state index in [9.17, 15) is 32.1 Å². The maximum Gasteiger partial charge on any atom is 0.399 e. The number of carbonyl (C=O) groups is 3. The lowest BCUT2D eigenvalue weighted by Crippen LogP contribution is -2.57. The van der Waals surface area contributed by atoms with Crippen LogP contribution in [0.5, 0.6) is 0 Å². The van der Waals surface area contributed by atoms with Crippen LogP contribution in [0.3, 0.4) is 0 Å². The lowest BCUT2D eigenvalue weighted by molar-refractivity contribution is -0.140. The van der Waals surface area contributed by atoms with Crippen LogP contribution in [-0.2, 0) is 19.8 Å². The lowest BCUT2D eigenvalue weighted by Gasteiger charge is -2.35. The predicted molar refractivity (Wildman–Crippen MR) is 169 cm³/mol. The highest BCUT2D eigenvalue weighted by molar-refractivity contribution is 7.52. The third-order valence-corrected chi connectivity index (χ3v) is 10.6. The second-order valence-corrected chi connectivity index (χ2v) is 15.7. The molecule has 2 aromatic carbocycles. The average Bonchev–Trinajstić information content (AvgIpc) is 3.74. The van der Waals surface area contributed by atoms with E-state index in [2.05, 4.69) is 15.6 Å². The van der Waals surface area contributed by atoms with Crippen molar-refractivity contribution in [1.82, 2.24) is 15.2 Å². The number of nitrogens with one attached hydrogen (secondary N) is 2. The van der Waals surface area contributed by atoms with E-state index in [1.807, 2.05) is 0 Å². The van der Waals surface area contributed by atoms with Crippen molar-refractivity contribution in [2.45, 2.75) is 51.4 Å². The fourth-order valence-electron chi connectivity index (χ4n) is 5.14. The number of halogens is 3. The van der Waals surface area contributed by atoms with Gasteiger partial charge in [0.1, 0.15) is 17.9 Å². The molecule has 46 heavy (non-hydrogen) atoms. The molecule has 3 amide bonds. The molecule has 0 spiro atoms. The summed E-state index contributed by atoms with van der Waals surface area (Å²) in [5.74, 6) is -2.02. The van der Waals surface area contributed by atoms with Gasteiger partial charge in [0.05, 0.1) is 9.75 Å². The fourth-order valence-corrected chi connectivity index (χ4v) is 7.40. The molecule has 0 radical (unpaired) electrons. The first-order valence-corrected chi connectivity index (χ1v) is 17.3. The zero-order chi connectivity index (χ0) is 33.6. The summed E-state index contributed by atoms with van der Waals surface area (Å²) in [6.45, 7) is 5.53. The van der Waals surface area contributed by atoms with E-state index < -0.39 is 59.9 Å². The monoisotopic (exact) mass is 694 g/mol. The number of rotatable bonds is 8. The molecule has 4 aromatic rings. The number of thiophene rings is 1. The number of fused-ring (bicyclic) bond motifs is 1. The van der Waals surface area contributed by atoms with Crippen LogP contribution in [0.15, 0.2) is 54.7 Å². The van der Waals surface area contributed by atoms with Crippen LogP contribution >= 0.6 is 30.3 Å². The summed E-state index contributed by atoms with van der Waals surface area (Å²) in [6, 6.07) is 8.66. The quantitative estimate of drug-likeness (QED) is 0.161. The number of aromatic nitrogens is 1. The molecule has 3 heterocycles. The van der Waals surface area contributed by atoms with Gasteiger partial charge in [-0.25, -0.2) is 9.37 Å². The highest BCUT2D eigenvalue weighted by atomic mass is 32.1. The molecule has 1 saturated heterocycles. The van der Waals surface area contributed by atoms with E-state index >= 15 is 0 Å². The smallest absolute Gasteiger partial charge is 0.339 e. The van der Waals surface area contributed by atoms with Crippen LogP contribution in [0, 0.1) is 11.2 Å². The minimum Gasteiger partial charge on any atom is -0.339 e. The van der Waals surface area contributed by atoms with E-state index in [1.54, 1.807) is 39.0 Å². The van der Waals surface area contributed by atoms with Gasteiger partial charge in [0.15, 0.2) is 5.13 Å². The maximum atomic E-state index is 14.3. The van der Waals surface area contributed by atoms with Crippen molar-refractivity contribution >= 4 is 63.2 Å². The standard InChI is InChI=1S/C30H30F3N4O6PS2/c1-29(2,3)24(35-26(39)22-14-16-13-17(10-11-21(16)45-22)30(32,33)44(41,42)43)27(40)37-12-6-9-20(37)25(38)36-28-34-15-23(46-28)18-7-4-5-8-19(18)31/h4-5,7-8,10-11,13-15,20,24H,6,9,12H2,1-3H3,(H,35,39)(H,34,36,38)(H2,41,42,43). The Morgan fingerprint density at radius 2 is 1.80 bits per heavy atom. The summed E-state index contributed by atoms with van der Waals surface area (Å²) in [7, 11) is -5.78. The number of likely N-dealkylation sites (tertiary alicyclic amines) is 1. The highest BCUT2D eigenvalue weighted by Crippen LogP contribution is 2.59. The van der Waals surface area contributed by atoms with Gasteiger partial charge in [0.25, 0.3) is 5.91 Å². The van der Waals surface area contributed by atoms with Gasteiger partial charge in [-0.2, -0.15) is 8.78 Å². The predicted octanol–water partition coefficient (Wildman–Crippen LogP) is 6.17. The molecule has 10 nitrogen and oxygen atoms in total. The number of amides is 3. The molecule has 1 aliphatic rings. The van der Waals surface area contributed by atoms with Crippen molar-refractivity contribution in [2.24, 2.45) is 5.41 Å². The molecule has 2 unspecified atom stereocenters. The molecule has 4 N–H and O–H groups in total. The molecule has 5 rings (SSSR count). The minimum absolute atomic E-state index is 0.0961. The van der Waals surface area contributed by atoms with Gasteiger partial charge < -0.3 is 25.3 Å². The largest absolute Gasteiger partial charge is 0.399 e. The van der Waals surface area contributed by atoms with E-state index in [0.29, 0.717) is 28.0 Å². The topological polar surface area (TPSA) is 149 Å². The van der Waals surface area contributed by atoms with Crippen molar-refractivity contribution < 1.29 is 41.9 Å². The minimum atomic E-state index is -5.78. The zero-order valence-corrected chi connectivity index (χ0v) is 27.3. The Labute approximate surface area is 269 Å². The first-order chi connectivity index (χ1) is 21.5. The van der Waals surface area contributed by atoms with Gasteiger partial charge >= 0.3 is 13.3 Å². The number of hydrogen-bond donors (Lipinski definition) is 4. The second-order valence-electron chi connectivity index (χ2n) is 11.9. The van der Waals surface area contributed by atoms with Gasteiger partial charge in [-0.15, -0.1) is 11.3 Å². The van der Waals surface area contributed by atoms with Crippen LogP contribution in [0.4, 0.5) is 18.3 Å². The van der Waals surface area contributed by atoms with Crippen molar-refractivity contribution in [3.8, 4) is 10.4 Å². The Morgan fingerprint density at radius 1 is 1.09 bits per heavy atom. The summed E-state index contributed by atoms with van der Waals surface area (Å²) in [5, 5.41) is 5.89. The third kappa shape index (κ3) is 6.74. The van der Waals surface area contributed by atoms with Gasteiger partial charge in [0, 0.05) is 28.6 Å². The molecule has 2 aromatic heterocycles. The number of benzene rings is 2. The number of anilines is 1. The summed E-state index contributed by atoms with van der Waals surface area (Å²) in [6.07, 6.45) is 2.39. The molecule has 0 bridgehead atoms. The van der Waals surface area contributed by atoms with E-state index in [0.717, 1.165) is 34.8 Å². The van der Waals surface area contributed by atoms with Crippen LogP contribution in [0.2, 0.25) is 0 Å². The molecule has 16 heteroatoms. The Balaban J connectivity index is 1.32. The van der Waals surface area contributed by atoms with Crippen LogP contribution in [0.25, 0.3) is 20.5 Å². The highest BCUT2D eigenvalue weighted by Gasteiger charge is 2.50. The number of carbonyl (C=O) groups excluding carboxylic acids is 3. The van der Waals surface area contributed by atoms with Crippen LogP contribution in [0.1, 0.15) is 48.8 Å². The normalized spacial score (nSPS) is 16.4. The Bertz CT molecular complexity index is 1870. The molecule has 244 valence electrons. The van der Waals surface area contributed by atoms with Gasteiger partial charge in [-0.1, -0.05) is 56.4 Å². The van der Waals surface area contributed by atoms with Crippen LogP contribution < -0.4 is 10.6 Å². The number of hydrogen-bond acceptors (Lipinski definition) is 7. The SMILES string of the molecule is CC(C)(C)C(NC(=O)c1cc2cc(C(F)(F)P(=O)(O)O)ccc2s1)C(=O)N1CCCC1C(=O)Nc1ncc(-c2ccccc2F)s1. The molecule has 1 fully saturated rings. The zero-order valence-electron chi connectivity index (χ0n) is 24.8. The first-order valence-electron chi connectivity index (χ1n) is 14.1. The first kappa shape index (κ1) is 33.7. The number of thiazole rings is 1. The summed E-state index contributed by atoms with van der Waals surface area (Å²) in [4.78, 5) is 65.0. The maximum absolute atomic E-state index is 14.3. The van der Waals surface area contributed by atoms with Gasteiger partial charge in [-0.05, 0) is 47.9 Å². The van der Waals surface area contributed by atoms with Crippen molar-refractivity contribution in [3.63, 3.8) is 0 Å². The average molecular weight is 695 g/mol. The molecular formula is C30H30F3N4O6PS2. The van der Waals surface area contributed by atoms with Crippen molar-refractivity contribution in [2.75, 3.05) is 11.9 Å². The second kappa shape index (κ2) is 12.5. The number of nitrogens with zero attached hydrogens (tertiary/aromatic N) is 2. The fraction of sp³-hybridized carbons (Fsp3) is 0.333. The third-order valence-electron chi connectivity index (χ3n) is 7.56. The van der Waals surface area contributed by atoms with E-state index in [4.69, 9.17) is 9.79 Å². The van der Waals surface area contributed by atoms with Crippen molar-refractivity contribution in [1.29, 1.82) is 0 Å². The van der Waals surface area contributed by atoms with Gasteiger partial charge in [-0.3, -0.25) is 18.9 Å². The summed E-state index contributed by atoms with van der Waals surface area (Å²) in [5.41, 5.74) is -5.74. The summed E-state index contributed by atoms with van der Waals surface area (Å²) >= 11 is 2.06. The molecule has 2 atom stereocenters. The number of alkyl halides is 2. The van der Waals surface area contributed by atoms with E-state index in [-0.39, 0.29) is 21.9 Å². The lowest BCUT2D eigenvalue weighted by atomic mass is 9.85. The van der Waals surface area contributed by atoms with E-state index in [1.165, 1.54) is 29.3 Å². The molecular weight excluding hydrogens is 664 g/mol. The molecule has 1 aliphatic heterocycles. The molecule has 0 saturated carbocycles. The van der Waals surface area contributed by atoms with Gasteiger partial charge in [0.2, 0.25) is 11.8 Å². The Morgan fingerprint density at radius 3 is 2.48 bits per heavy atom. The van der Waals surface area contributed by atoms with Crippen LogP contribution in [-0.4, -0.2) is 56.0 Å². The Hall–Kier alpha value is -3.62. The van der Waals surface area contributed by atoms with Crippen molar-refractivity contribution in [3.05, 3.63) is 71.0 Å². The Kier molecular flexibility index (Phi) is 9.19. The summed E-state index contributed by atoms with van der Waals surface area (Å²) < 4.78 is 54.5.